The number of amides is 1. The minimum Gasteiger partial charge on any atom is -0.369 e. The van der Waals surface area contributed by atoms with Crippen LogP contribution in [0.5, 0.6) is 0 Å². The number of hydrogen-bond acceptors (Lipinski definition) is 3. The SMILES string of the molecule is CSC(C)CNCC(C)C(N)=O. The molecule has 0 aromatic heterocycles. The predicted octanol–water partition coefficient (Wildman–Crippen LogP) is 0.449. The van der Waals surface area contributed by atoms with Crippen LogP contribution in [0.15, 0.2) is 0 Å². The molecule has 72 valence electrons. The van der Waals surface area contributed by atoms with Gasteiger partial charge in [-0.05, 0) is 6.26 Å². The van der Waals surface area contributed by atoms with E-state index in [0.29, 0.717) is 11.8 Å². The van der Waals surface area contributed by atoms with Crippen molar-refractivity contribution < 1.29 is 4.79 Å². The lowest BCUT2D eigenvalue weighted by atomic mass is 10.2. The minimum absolute atomic E-state index is 0.0703. The molecule has 0 aromatic carbocycles. The van der Waals surface area contributed by atoms with Crippen LogP contribution in [0.2, 0.25) is 0 Å². The maximum atomic E-state index is 10.6. The molecule has 0 radical (unpaired) electrons. The molecular formula is C8H18N2OS. The first-order valence-corrected chi connectivity index (χ1v) is 5.39. The summed E-state index contributed by atoms with van der Waals surface area (Å²) in [5.74, 6) is -0.307. The fourth-order valence-electron chi connectivity index (χ4n) is 0.687. The van der Waals surface area contributed by atoms with Gasteiger partial charge in [-0.2, -0.15) is 11.8 Å². The normalized spacial score (nSPS) is 15.6. The molecule has 12 heavy (non-hydrogen) atoms. The van der Waals surface area contributed by atoms with Crippen molar-refractivity contribution in [3.8, 4) is 0 Å². The molecule has 0 aliphatic rings. The van der Waals surface area contributed by atoms with Crippen LogP contribution in [-0.2, 0) is 4.79 Å². The third kappa shape index (κ3) is 5.43. The molecule has 2 atom stereocenters. The van der Waals surface area contributed by atoms with Crippen LogP contribution in [0.1, 0.15) is 13.8 Å². The highest BCUT2D eigenvalue weighted by Gasteiger charge is 2.07. The first-order valence-electron chi connectivity index (χ1n) is 4.10. The number of nitrogens with one attached hydrogen (secondary N) is 1. The number of nitrogens with two attached hydrogens (primary N) is 1. The van der Waals surface area contributed by atoms with E-state index in [4.69, 9.17) is 5.73 Å². The van der Waals surface area contributed by atoms with Gasteiger partial charge < -0.3 is 11.1 Å². The zero-order chi connectivity index (χ0) is 9.56. The summed E-state index contributed by atoms with van der Waals surface area (Å²) in [5, 5.41) is 3.78. The van der Waals surface area contributed by atoms with E-state index in [9.17, 15) is 4.79 Å². The highest BCUT2D eigenvalue weighted by Crippen LogP contribution is 2.02. The Morgan fingerprint density at radius 2 is 2.08 bits per heavy atom. The summed E-state index contributed by atoms with van der Waals surface area (Å²) in [6.07, 6.45) is 2.07. The topological polar surface area (TPSA) is 55.1 Å². The van der Waals surface area contributed by atoms with Crippen molar-refractivity contribution in [1.29, 1.82) is 0 Å². The Morgan fingerprint density at radius 1 is 1.50 bits per heavy atom. The van der Waals surface area contributed by atoms with Gasteiger partial charge >= 0.3 is 0 Å². The van der Waals surface area contributed by atoms with Crippen molar-refractivity contribution in [2.45, 2.75) is 19.1 Å². The molecule has 0 heterocycles. The van der Waals surface area contributed by atoms with Gasteiger partial charge in [-0.25, -0.2) is 0 Å². The Labute approximate surface area is 78.5 Å². The molecule has 3 N–H and O–H groups in total. The maximum Gasteiger partial charge on any atom is 0.221 e. The second-order valence-corrected chi connectivity index (χ2v) is 4.28. The summed E-state index contributed by atoms with van der Waals surface area (Å²) in [5.41, 5.74) is 5.10. The average molecular weight is 190 g/mol. The third-order valence-electron chi connectivity index (χ3n) is 1.77. The highest BCUT2D eigenvalue weighted by atomic mass is 32.2. The Bertz CT molecular complexity index is 141. The summed E-state index contributed by atoms with van der Waals surface area (Å²) >= 11 is 1.81. The molecule has 0 bridgehead atoms. The quantitative estimate of drug-likeness (QED) is 0.639. The van der Waals surface area contributed by atoms with Crippen molar-refractivity contribution in [3.05, 3.63) is 0 Å². The van der Waals surface area contributed by atoms with E-state index in [0.717, 1.165) is 6.54 Å². The molecule has 0 saturated carbocycles. The molecule has 0 spiro atoms. The van der Waals surface area contributed by atoms with Gasteiger partial charge in [0, 0.05) is 24.3 Å². The fraction of sp³-hybridized carbons (Fsp3) is 0.875. The van der Waals surface area contributed by atoms with Crippen LogP contribution in [0.25, 0.3) is 0 Å². The van der Waals surface area contributed by atoms with Crippen molar-refractivity contribution >= 4 is 17.7 Å². The molecular weight excluding hydrogens is 172 g/mol. The number of rotatable bonds is 6. The molecule has 2 unspecified atom stereocenters. The van der Waals surface area contributed by atoms with Gasteiger partial charge in [0.2, 0.25) is 5.91 Å². The smallest absolute Gasteiger partial charge is 0.221 e. The van der Waals surface area contributed by atoms with Gasteiger partial charge in [-0.15, -0.1) is 0 Å². The Hall–Kier alpha value is -0.220. The van der Waals surface area contributed by atoms with E-state index in [1.54, 1.807) is 11.8 Å². The number of thioether (sulfide) groups is 1. The first-order chi connectivity index (χ1) is 5.57. The molecule has 0 aromatic rings. The second-order valence-electron chi connectivity index (χ2n) is 3.01. The standard InChI is InChI=1S/C8H18N2OS/c1-6(8(9)11)4-10-5-7(2)12-3/h6-7,10H,4-5H2,1-3H3,(H2,9,11). The Balaban J connectivity index is 3.37. The lowest BCUT2D eigenvalue weighted by Crippen LogP contribution is -2.33. The van der Waals surface area contributed by atoms with Gasteiger partial charge in [-0.1, -0.05) is 13.8 Å². The van der Waals surface area contributed by atoms with E-state index in [1.807, 2.05) is 6.92 Å². The second kappa shape index (κ2) is 6.31. The number of carbonyl (C=O) groups excluding carboxylic acids is 1. The van der Waals surface area contributed by atoms with Crippen molar-refractivity contribution in [2.75, 3.05) is 19.3 Å². The maximum absolute atomic E-state index is 10.6. The molecule has 3 nitrogen and oxygen atoms in total. The molecule has 0 aliphatic heterocycles. The molecule has 0 saturated heterocycles. The molecule has 4 heteroatoms. The number of hydrogen-bond donors (Lipinski definition) is 2. The van der Waals surface area contributed by atoms with Gasteiger partial charge in [0.1, 0.15) is 0 Å². The van der Waals surface area contributed by atoms with Crippen LogP contribution >= 0.6 is 11.8 Å². The van der Waals surface area contributed by atoms with Crippen LogP contribution < -0.4 is 11.1 Å². The van der Waals surface area contributed by atoms with Crippen LogP contribution in [0.4, 0.5) is 0 Å². The Morgan fingerprint density at radius 3 is 2.50 bits per heavy atom. The first kappa shape index (κ1) is 11.8. The fourth-order valence-corrected chi connectivity index (χ4v) is 0.972. The van der Waals surface area contributed by atoms with E-state index in [1.165, 1.54) is 0 Å². The summed E-state index contributed by atoms with van der Waals surface area (Å²) in [4.78, 5) is 10.6. The van der Waals surface area contributed by atoms with Crippen molar-refractivity contribution in [2.24, 2.45) is 11.7 Å². The molecule has 0 rings (SSSR count). The van der Waals surface area contributed by atoms with Crippen LogP contribution in [0.3, 0.4) is 0 Å². The number of carbonyl (C=O) groups is 1. The largest absolute Gasteiger partial charge is 0.369 e. The zero-order valence-corrected chi connectivity index (χ0v) is 8.78. The monoisotopic (exact) mass is 190 g/mol. The molecule has 0 fully saturated rings. The lowest BCUT2D eigenvalue weighted by Gasteiger charge is -2.11. The Kier molecular flexibility index (Phi) is 6.20. The molecule has 0 aliphatic carbocycles. The minimum atomic E-state index is -0.237. The number of primary amides is 1. The average Bonchev–Trinajstić information content (AvgIpc) is 2.03. The van der Waals surface area contributed by atoms with Crippen LogP contribution in [0, 0.1) is 5.92 Å². The predicted molar refractivity (Wildman–Crippen MR) is 54.2 cm³/mol. The summed E-state index contributed by atoms with van der Waals surface area (Å²) in [6.45, 7) is 5.59. The van der Waals surface area contributed by atoms with Gasteiger partial charge in [-0.3, -0.25) is 4.79 Å². The van der Waals surface area contributed by atoms with Gasteiger partial charge in [0.15, 0.2) is 0 Å². The van der Waals surface area contributed by atoms with Gasteiger partial charge in [0.25, 0.3) is 0 Å². The van der Waals surface area contributed by atoms with Crippen molar-refractivity contribution in [3.63, 3.8) is 0 Å². The third-order valence-corrected chi connectivity index (χ3v) is 2.74. The van der Waals surface area contributed by atoms with Crippen molar-refractivity contribution in [1.82, 2.24) is 5.32 Å². The molecule has 1 amide bonds. The summed E-state index contributed by atoms with van der Waals surface area (Å²) < 4.78 is 0. The highest BCUT2D eigenvalue weighted by molar-refractivity contribution is 7.99. The van der Waals surface area contributed by atoms with E-state index in [-0.39, 0.29) is 11.8 Å². The van der Waals surface area contributed by atoms with Gasteiger partial charge in [0.05, 0.1) is 0 Å². The lowest BCUT2D eigenvalue weighted by molar-refractivity contribution is -0.121. The zero-order valence-electron chi connectivity index (χ0n) is 7.96. The summed E-state index contributed by atoms with van der Waals surface area (Å²) in [6, 6.07) is 0. The van der Waals surface area contributed by atoms with Crippen LogP contribution in [-0.4, -0.2) is 30.5 Å². The summed E-state index contributed by atoms with van der Waals surface area (Å²) in [7, 11) is 0. The van der Waals surface area contributed by atoms with E-state index < -0.39 is 0 Å². The van der Waals surface area contributed by atoms with E-state index >= 15 is 0 Å². The van der Waals surface area contributed by atoms with E-state index in [2.05, 4.69) is 18.5 Å².